The molecule has 13 rings (SSSR count). The van der Waals surface area contributed by atoms with Crippen molar-refractivity contribution in [3.63, 3.8) is 0 Å². The number of thiophene rings is 1. The van der Waals surface area contributed by atoms with E-state index in [1.165, 1.54) is 80.3 Å². The molecule has 0 fully saturated rings. The first-order valence-electron chi connectivity index (χ1n) is 20.7. The molecule has 0 bridgehead atoms. The maximum Gasteiger partial charge on any atom is 0.143 e. The van der Waals surface area contributed by atoms with Gasteiger partial charge >= 0.3 is 0 Å². The standard InChI is InChI=1S/C57H37NOS/c1-57(2)49-23-11-9-20-42(49)43-28-26-36(32-50(43)57)58(51-24-13-22-46-45-21-10-12-25-53(45)60-56(46)51)37-27-29-44-48-31-35-15-4-6-17-39(35)54(55(48)59-52(44)33-37)47-30-34-14-3-5-16-38(34)40-18-7-8-19-41(40)47/h3-33H,1-2H3. The molecule has 12 aromatic rings. The Morgan fingerprint density at radius 3 is 1.95 bits per heavy atom. The van der Waals surface area contributed by atoms with Gasteiger partial charge in [0.2, 0.25) is 0 Å². The summed E-state index contributed by atoms with van der Waals surface area (Å²) < 4.78 is 9.79. The van der Waals surface area contributed by atoms with Crippen molar-refractivity contribution in [1.82, 2.24) is 0 Å². The van der Waals surface area contributed by atoms with Gasteiger partial charge in [-0.25, -0.2) is 0 Å². The van der Waals surface area contributed by atoms with Crippen LogP contribution in [0.3, 0.4) is 0 Å². The van der Waals surface area contributed by atoms with Gasteiger partial charge in [0, 0.05) is 54.7 Å². The van der Waals surface area contributed by atoms with Crippen LogP contribution in [0.15, 0.2) is 192 Å². The number of hydrogen-bond donors (Lipinski definition) is 0. The zero-order chi connectivity index (χ0) is 39.7. The second kappa shape index (κ2) is 12.4. The van der Waals surface area contributed by atoms with Gasteiger partial charge in [0.15, 0.2) is 0 Å². The van der Waals surface area contributed by atoms with Crippen LogP contribution in [-0.2, 0) is 5.41 Å². The molecule has 1 aliphatic rings. The fraction of sp³-hybridized carbons (Fsp3) is 0.0526. The minimum atomic E-state index is -0.134. The van der Waals surface area contributed by atoms with Crippen LogP contribution in [0.5, 0.6) is 0 Å². The zero-order valence-electron chi connectivity index (χ0n) is 33.2. The first-order chi connectivity index (χ1) is 29.5. The average molecular weight is 784 g/mol. The summed E-state index contributed by atoms with van der Waals surface area (Å²) in [5.74, 6) is 0. The Kier molecular flexibility index (Phi) is 6.98. The lowest BCUT2D eigenvalue weighted by Crippen LogP contribution is -2.16. The van der Waals surface area contributed by atoms with Crippen LogP contribution in [0.2, 0.25) is 0 Å². The van der Waals surface area contributed by atoms with Crippen molar-refractivity contribution in [3.05, 3.63) is 199 Å². The number of rotatable bonds is 4. The van der Waals surface area contributed by atoms with Gasteiger partial charge < -0.3 is 9.32 Å². The quantitative estimate of drug-likeness (QED) is 0.165. The molecule has 0 spiro atoms. The van der Waals surface area contributed by atoms with Crippen LogP contribution >= 0.6 is 11.3 Å². The Bertz CT molecular complexity index is 3770. The second-order valence-corrected chi connectivity index (χ2v) is 17.9. The van der Waals surface area contributed by atoms with Gasteiger partial charge in [0.25, 0.3) is 0 Å². The Hall–Kier alpha value is -7.20. The van der Waals surface area contributed by atoms with Gasteiger partial charge in [-0.1, -0.05) is 147 Å². The predicted octanol–water partition coefficient (Wildman–Crippen LogP) is 16.9. The summed E-state index contributed by atoms with van der Waals surface area (Å²) in [5.41, 5.74) is 12.7. The molecule has 0 saturated carbocycles. The molecular formula is C57H37NOS. The van der Waals surface area contributed by atoms with Gasteiger partial charge in [0.05, 0.1) is 10.4 Å². The van der Waals surface area contributed by atoms with E-state index in [0.717, 1.165) is 44.6 Å². The third-order valence-corrected chi connectivity index (χ3v) is 14.4. The lowest BCUT2D eigenvalue weighted by atomic mass is 9.82. The van der Waals surface area contributed by atoms with Crippen LogP contribution < -0.4 is 4.90 Å². The SMILES string of the molecule is CC1(C)c2ccccc2-c2ccc(N(c3ccc4c(c3)oc3c(-c5cc6ccccc6c6ccccc56)c5ccccc5cc34)c3cccc4c3sc3ccccc34)cc21. The van der Waals surface area contributed by atoms with Crippen molar-refractivity contribution in [2.75, 3.05) is 4.90 Å². The molecule has 0 N–H and O–H groups in total. The maximum atomic E-state index is 7.23. The van der Waals surface area contributed by atoms with Gasteiger partial charge in [-0.3, -0.25) is 0 Å². The highest BCUT2D eigenvalue weighted by Gasteiger charge is 2.36. The van der Waals surface area contributed by atoms with Crippen LogP contribution in [0.1, 0.15) is 25.0 Å². The van der Waals surface area contributed by atoms with Crippen molar-refractivity contribution in [2.45, 2.75) is 19.3 Å². The number of benzene rings is 10. The monoisotopic (exact) mass is 783 g/mol. The molecule has 3 heteroatoms. The summed E-state index contributed by atoms with van der Waals surface area (Å²) >= 11 is 1.87. The van der Waals surface area contributed by atoms with E-state index in [9.17, 15) is 0 Å². The molecule has 2 aromatic heterocycles. The first kappa shape index (κ1) is 33.7. The van der Waals surface area contributed by atoms with E-state index in [0.29, 0.717) is 0 Å². The van der Waals surface area contributed by atoms with Crippen molar-refractivity contribution in [3.8, 4) is 22.3 Å². The van der Waals surface area contributed by atoms with Gasteiger partial charge in [-0.05, 0) is 109 Å². The molecular weight excluding hydrogens is 747 g/mol. The van der Waals surface area contributed by atoms with E-state index in [4.69, 9.17) is 4.42 Å². The summed E-state index contributed by atoms with van der Waals surface area (Å²) in [6.45, 7) is 4.72. The van der Waals surface area contributed by atoms with Crippen LogP contribution in [0, 0.1) is 0 Å². The summed E-state index contributed by atoms with van der Waals surface area (Å²) in [6.07, 6.45) is 0. The van der Waals surface area contributed by atoms with Gasteiger partial charge in [-0.15, -0.1) is 11.3 Å². The lowest BCUT2D eigenvalue weighted by Gasteiger charge is -2.28. The second-order valence-electron chi connectivity index (χ2n) is 16.8. The summed E-state index contributed by atoms with van der Waals surface area (Å²) in [5, 5.41) is 12.1. The molecule has 0 unspecified atom stereocenters. The fourth-order valence-corrected chi connectivity index (χ4v) is 11.6. The summed E-state index contributed by atoms with van der Waals surface area (Å²) in [4.78, 5) is 2.46. The van der Waals surface area contributed by atoms with Crippen molar-refractivity contribution < 1.29 is 4.42 Å². The van der Waals surface area contributed by atoms with E-state index in [1.54, 1.807) is 0 Å². The molecule has 1 aliphatic carbocycles. The third-order valence-electron chi connectivity index (χ3n) is 13.2. The molecule has 60 heavy (non-hydrogen) atoms. The third kappa shape index (κ3) is 4.70. The van der Waals surface area contributed by atoms with Crippen LogP contribution in [0.4, 0.5) is 17.1 Å². The number of fused-ring (bicyclic) bond motifs is 13. The Morgan fingerprint density at radius 2 is 1.08 bits per heavy atom. The van der Waals surface area contributed by atoms with E-state index in [2.05, 4.69) is 207 Å². The maximum absolute atomic E-state index is 7.23. The fourth-order valence-electron chi connectivity index (χ4n) is 10.4. The molecule has 0 radical (unpaired) electrons. The normalized spacial score (nSPS) is 13.3. The van der Waals surface area contributed by atoms with Crippen LogP contribution in [-0.4, -0.2) is 0 Å². The summed E-state index contributed by atoms with van der Waals surface area (Å²) in [6, 6.07) is 69.3. The Labute approximate surface area is 351 Å². The largest absolute Gasteiger partial charge is 0.455 e. The lowest BCUT2D eigenvalue weighted by molar-refractivity contribution is 0.660. The van der Waals surface area contributed by atoms with Gasteiger partial charge in [0.1, 0.15) is 11.2 Å². The molecule has 0 amide bonds. The topological polar surface area (TPSA) is 16.4 Å². The predicted molar refractivity (Wildman–Crippen MR) is 257 cm³/mol. The van der Waals surface area contributed by atoms with Crippen molar-refractivity contribution in [1.29, 1.82) is 0 Å². The van der Waals surface area contributed by atoms with E-state index >= 15 is 0 Å². The number of anilines is 3. The number of furan rings is 1. The molecule has 0 saturated heterocycles. The average Bonchev–Trinajstić information content (AvgIpc) is 3.93. The molecule has 0 atom stereocenters. The number of hydrogen-bond acceptors (Lipinski definition) is 3. The molecule has 2 nitrogen and oxygen atoms in total. The van der Waals surface area contributed by atoms with E-state index < -0.39 is 0 Å². The highest BCUT2D eigenvalue weighted by molar-refractivity contribution is 7.26. The van der Waals surface area contributed by atoms with Gasteiger partial charge in [-0.2, -0.15) is 0 Å². The van der Waals surface area contributed by atoms with Crippen molar-refractivity contribution >= 4 is 103 Å². The molecule has 10 aromatic carbocycles. The first-order valence-corrected chi connectivity index (χ1v) is 21.6. The van der Waals surface area contributed by atoms with Crippen molar-refractivity contribution in [2.24, 2.45) is 0 Å². The molecule has 0 aliphatic heterocycles. The smallest absolute Gasteiger partial charge is 0.143 e. The van der Waals surface area contributed by atoms with E-state index in [-0.39, 0.29) is 5.41 Å². The molecule has 282 valence electrons. The van der Waals surface area contributed by atoms with E-state index in [1.807, 2.05) is 11.3 Å². The minimum Gasteiger partial charge on any atom is -0.455 e. The highest BCUT2D eigenvalue weighted by Crippen LogP contribution is 2.53. The zero-order valence-corrected chi connectivity index (χ0v) is 34.0. The highest BCUT2D eigenvalue weighted by atomic mass is 32.1. The van der Waals surface area contributed by atoms with Crippen LogP contribution in [0.25, 0.3) is 96.7 Å². The molecule has 2 heterocycles. The summed E-state index contributed by atoms with van der Waals surface area (Å²) in [7, 11) is 0. The minimum absolute atomic E-state index is 0.134. The number of nitrogens with zero attached hydrogens (tertiary/aromatic N) is 1. The Morgan fingerprint density at radius 1 is 0.433 bits per heavy atom. The Balaban J connectivity index is 1.08.